The molecule has 0 aromatic carbocycles. The van der Waals surface area contributed by atoms with Crippen molar-refractivity contribution in [2.45, 2.75) is 25.8 Å². The summed E-state index contributed by atoms with van der Waals surface area (Å²) in [6.07, 6.45) is 0.696. The van der Waals surface area contributed by atoms with Crippen molar-refractivity contribution >= 4 is 17.8 Å². The molecule has 0 aromatic rings. The summed E-state index contributed by atoms with van der Waals surface area (Å²) in [4.78, 5) is 36.8. The largest absolute Gasteiger partial charge is 0.480 e. The summed E-state index contributed by atoms with van der Waals surface area (Å²) in [7, 11) is 0. The van der Waals surface area contributed by atoms with Gasteiger partial charge in [-0.2, -0.15) is 0 Å². The van der Waals surface area contributed by atoms with E-state index >= 15 is 0 Å². The normalized spacial score (nSPS) is 24.7. The van der Waals surface area contributed by atoms with Crippen molar-refractivity contribution < 1.29 is 24.2 Å². The van der Waals surface area contributed by atoms with Crippen molar-refractivity contribution in [3.63, 3.8) is 0 Å². The maximum absolute atomic E-state index is 12.4. The number of amides is 2. The summed E-state index contributed by atoms with van der Waals surface area (Å²) in [6.45, 7) is 2.95. The summed E-state index contributed by atoms with van der Waals surface area (Å²) >= 11 is 0. The highest BCUT2D eigenvalue weighted by Gasteiger charge is 2.59. The van der Waals surface area contributed by atoms with E-state index in [2.05, 4.69) is 5.32 Å². The molecule has 1 aliphatic carbocycles. The zero-order valence-corrected chi connectivity index (χ0v) is 10.8. The number of hydrogen-bond acceptors (Lipinski definition) is 4. The van der Waals surface area contributed by atoms with E-state index in [0.717, 1.165) is 0 Å². The number of ether oxygens (including phenoxy) is 1. The monoisotopic (exact) mass is 270 g/mol. The van der Waals surface area contributed by atoms with Gasteiger partial charge in [-0.15, -0.1) is 0 Å². The SMILES string of the molecule is CCNC(=O)C1COCCN1C(=O)C1(C(=O)O)CC1. The minimum atomic E-state index is -1.30. The van der Waals surface area contributed by atoms with E-state index in [0.29, 0.717) is 26.0 Å². The van der Waals surface area contributed by atoms with E-state index < -0.39 is 23.3 Å². The molecule has 0 bridgehead atoms. The molecule has 1 aliphatic heterocycles. The minimum absolute atomic E-state index is 0.118. The summed E-state index contributed by atoms with van der Waals surface area (Å²) < 4.78 is 5.22. The Balaban J connectivity index is 2.14. The lowest BCUT2D eigenvalue weighted by atomic mass is 10.0. The van der Waals surface area contributed by atoms with Gasteiger partial charge in [-0.3, -0.25) is 14.4 Å². The van der Waals surface area contributed by atoms with Gasteiger partial charge in [-0.05, 0) is 19.8 Å². The summed E-state index contributed by atoms with van der Waals surface area (Å²) in [5.41, 5.74) is -1.30. The van der Waals surface area contributed by atoms with Gasteiger partial charge in [0.2, 0.25) is 11.8 Å². The molecule has 7 nitrogen and oxygen atoms in total. The number of morpholine rings is 1. The van der Waals surface area contributed by atoms with Crippen LogP contribution in [0.25, 0.3) is 0 Å². The molecule has 1 unspecified atom stereocenters. The fourth-order valence-corrected chi connectivity index (χ4v) is 2.28. The van der Waals surface area contributed by atoms with Crippen LogP contribution in [0.5, 0.6) is 0 Å². The number of aliphatic carboxylic acids is 1. The van der Waals surface area contributed by atoms with Gasteiger partial charge in [0.1, 0.15) is 11.5 Å². The maximum atomic E-state index is 12.4. The molecule has 2 rings (SSSR count). The van der Waals surface area contributed by atoms with Crippen LogP contribution in [-0.4, -0.2) is 60.1 Å². The molecule has 2 N–H and O–H groups in total. The highest BCUT2D eigenvalue weighted by atomic mass is 16.5. The van der Waals surface area contributed by atoms with E-state index in [-0.39, 0.29) is 19.1 Å². The molecule has 1 atom stereocenters. The zero-order valence-electron chi connectivity index (χ0n) is 10.8. The second-order valence-corrected chi connectivity index (χ2v) is 4.87. The number of hydrogen-bond donors (Lipinski definition) is 2. The van der Waals surface area contributed by atoms with Crippen LogP contribution in [0.2, 0.25) is 0 Å². The van der Waals surface area contributed by atoms with Crippen molar-refractivity contribution in [2.75, 3.05) is 26.3 Å². The Morgan fingerprint density at radius 2 is 2.11 bits per heavy atom. The lowest BCUT2D eigenvalue weighted by Gasteiger charge is -2.36. The van der Waals surface area contributed by atoms with E-state index in [4.69, 9.17) is 9.84 Å². The maximum Gasteiger partial charge on any atom is 0.319 e. The number of nitrogens with one attached hydrogen (secondary N) is 1. The first-order valence-corrected chi connectivity index (χ1v) is 6.43. The van der Waals surface area contributed by atoms with Gasteiger partial charge in [0.05, 0.1) is 13.2 Å². The van der Waals surface area contributed by atoms with Gasteiger partial charge in [0.25, 0.3) is 0 Å². The van der Waals surface area contributed by atoms with E-state index in [1.54, 1.807) is 6.92 Å². The van der Waals surface area contributed by atoms with E-state index in [1.807, 2.05) is 0 Å². The fraction of sp³-hybridized carbons (Fsp3) is 0.750. The Hall–Kier alpha value is -1.63. The molecule has 1 saturated heterocycles. The molecule has 1 saturated carbocycles. The van der Waals surface area contributed by atoms with Crippen LogP contribution in [0.4, 0.5) is 0 Å². The van der Waals surface area contributed by atoms with Gasteiger partial charge in [-0.1, -0.05) is 0 Å². The van der Waals surface area contributed by atoms with Crippen LogP contribution in [0.15, 0.2) is 0 Å². The van der Waals surface area contributed by atoms with Gasteiger partial charge >= 0.3 is 5.97 Å². The van der Waals surface area contributed by atoms with Crippen LogP contribution in [0.1, 0.15) is 19.8 Å². The lowest BCUT2D eigenvalue weighted by molar-refractivity contribution is -0.161. The van der Waals surface area contributed by atoms with Gasteiger partial charge in [0.15, 0.2) is 0 Å². The number of carbonyl (C=O) groups excluding carboxylic acids is 2. The number of carboxylic acid groups (broad SMARTS) is 1. The number of likely N-dealkylation sites (N-methyl/N-ethyl adjacent to an activating group) is 1. The molecule has 7 heteroatoms. The Morgan fingerprint density at radius 1 is 1.42 bits per heavy atom. The predicted molar refractivity (Wildman–Crippen MR) is 64.3 cm³/mol. The quantitative estimate of drug-likeness (QED) is 0.653. The van der Waals surface area contributed by atoms with Gasteiger partial charge in [-0.25, -0.2) is 0 Å². The summed E-state index contributed by atoms with van der Waals surface area (Å²) in [5.74, 6) is -1.85. The molecule has 0 spiro atoms. The highest BCUT2D eigenvalue weighted by molar-refractivity contribution is 6.06. The van der Waals surface area contributed by atoms with Crippen LogP contribution in [0, 0.1) is 5.41 Å². The van der Waals surface area contributed by atoms with Crippen LogP contribution in [0.3, 0.4) is 0 Å². The third-order valence-electron chi connectivity index (χ3n) is 3.61. The first-order chi connectivity index (χ1) is 9.03. The smallest absolute Gasteiger partial charge is 0.319 e. The lowest BCUT2D eigenvalue weighted by Crippen LogP contribution is -2.58. The van der Waals surface area contributed by atoms with E-state index in [1.165, 1.54) is 4.90 Å². The number of carbonyl (C=O) groups is 3. The molecular formula is C12H18N2O5. The molecule has 2 amide bonds. The molecular weight excluding hydrogens is 252 g/mol. The highest BCUT2D eigenvalue weighted by Crippen LogP contribution is 2.47. The summed E-state index contributed by atoms with van der Waals surface area (Å²) in [5, 5.41) is 11.8. The molecule has 19 heavy (non-hydrogen) atoms. The standard InChI is InChI=1S/C12H18N2O5/c1-2-13-9(15)8-7-19-6-5-14(8)10(16)12(3-4-12)11(17)18/h8H,2-7H2,1H3,(H,13,15)(H,17,18). The first kappa shape index (κ1) is 13.8. The molecule has 0 radical (unpaired) electrons. The van der Waals surface area contributed by atoms with Crippen LogP contribution < -0.4 is 5.32 Å². The minimum Gasteiger partial charge on any atom is -0.480 e. The fourth-order valence-electron chi connectivity index (χ4n) is 2.28. The number of carboxylic acids is 1. The third-order valence-corrected chi connectivity index (χ3v) is 3.61. The molecule has 2 aliphatic rings. The average molecular weight is 270 g/mol. The van der Waals surface area contributed by atoms with Gasteiger partial charge < -0.3 is 20.1 Å². The Kier molecular flexibility index (Phi) is 3.75. The topological polar surface area (TPSA) is 95.9 Å². The van der Waals surface area contributed by atoms with Crippen molar-refractivity contribution in [1.82, 2.24) is 10.2 Å². The molecule has 0 aromatic heterocycles. The second-order valence-electron chi connectivity index (χ2n) is 4.87. The molecule has 1 heterocycles. The Morgan fingerprint density at radius 3 is 2.63 bits per heavy atom. The van der Waals surface area contributed by atoms with Crippen LogP contribution >= 0.6 is 0 Å². The number of nitrogens with zero attached hydrogens (tertiary/aromatic N) is 1. The Bertz CT molecular complexity index is 405. The van der Waals surface area contributed by atoms with Crippen molar-refractivity contribution in [3.05, 3.63) is 0 Å². The van der Waals surface area contributed by atoms with Crippen molar-refractivity contribution in [3.8, 4) is 0 Å². The van der Waals surface area contributed by atoms with Crippen molar-refractivity contribution in [1.29, 1.82) is 0 Å². The zero-order chi connectivity index (χ0) is 14.0. The summed E-state index contributed by atoms with van der Waals surface area (Å²) in [6, 6.07) is -0.724. The van der Waals surface area contributed by atoms with Crippen LogP contribution in [-0.2, 0) is 19.1 Å². The third kappa shape index (κ3) is 2.42. The predicted octanol–water partition coefficient (Wildman–Crippen LogP) is -0.785. The second kappa shape index (κ2) is 5.16. The molecule has 2 fully saturated rings. The first-order valence-electron chi connectivity index (χ1n) is 6.43. The Labute approximate surface area is 110 Å². The van der Waals surface area contributed by atoms with E-state index in [9.17, 15) is 14.4 Å². The molecule has 106 valence electrons. The van der Waals surface area contributed by atoms with Crippen molar-refractivity contribution in [2.24, 2.45) is 5.41 Å². The average Bonchev–Trinajstić information content (AvgIpc) is 3.19. The van der Waals surface area contributed by atoms with Gasteiger partial charge in [0, 0.05) is 13.1 Å². The number of rotatable bonds is 4.